The van der Waals surface area contributed by atoms with Crippen LogP contribution < -0.4 is 61.5 Å². The Morgan fingerprint density at radius 3 is 1.83 bits per heavy atom. The van der Waals surface area contributed by atoms with E-state index >= 15 is 0 Å². The van der Waals surface area contributed by atoms with Crippen LogP contribution in [0.25, 0.3) is 0 Å². The summed E-state index contributed by atoms with van der Waals surface area (Å²) in [7, 11) is 0. The molecule has 1 aromatic carbocycles. The molecule has 0 fully saturated rings. The maximum atomic E-state index is 9.97. The molecule has 1 rings (SSSR count). The predicted molar refractivity (Wildman–Crippen MR) is 42.1 cm³/mol. The molecule has 0 aliphatic rings. The van der Waals surface area contributed by atoms with Crippen molar-refractivity contribution in [3.8, 4) is 5.75 Å². The molecule has 0 spiro atoms. The van der Waals surface area contributed by atoms with Crippen molar-refractivity contribution in [3.05, 3.63) is 27.2 Å². The summed E-state index contributed by atoms with van der Waals surface area (Å²) >= 11 is 16.6. The van der Waals surface area contributed by atoms with Gasteiger partial charge in [-0.1, -0.05) is 34.8 Å². The van der Waals surface area contributed by atoms with E-state index in [1.165, 1.54) is 12.1 Å². The van der Waals surface area contributed by atoms with Gasteiger partial charge in [-0.15, -0.1) is 0 Å². The third-order valence-electron chi connectivity index (χ3n) is 1.05. The Morgan fingerprint density at radius 2 is 1.50 bits per heavy atom. The standard InChI is InChI=1S/C6H3Cl3O2.K/c7-3-1-4(8)6(11-10)5(9)2-3;/h1-2,10H;/q;+1/p-1. The third-order valence-corrected chi connectivity index (χ3v) is 1.83. The maximum Gasteiger partial charge on any atom is 1.00 e. The van der Waals surface area contributed by atoms with E-state index in [9.17, 15) is 5.26 Å². The minimum Gasteiger partial charge on any atom is -0.664 e. The molecular weight excluding hydrogens is 250 g/mol. The van der Waals surface area contributed by atoms with Gasteiger partial charge in [-0.25, -0.2) is 0 Å². The number of rotatable bonds is 1. The van der Waals surface area contributed by atoms with Crippen molar-refractivity contribution in [3.63, 3.8) is 0 Å². The molecule has 0 bridgehead atoms. The van der Waals surface area contributed by atoms with Crippen LogP contribution in [-0.2, 0) is 0 Å². The second-order valence-corrected chi connectivity index (χ2v) is 3.03. The van der Waals surface area contributed by atoms with Crippen LogP contribution in [0.1, 0.15) is 0 Å². The number of halogens is 3. The Labute approximate surface area is 127 Å². The minimum atomic E-state index is -0.0993. The van der Waals surface area contributed by atoms with Gasteiger partial charge in [0.25, 0.3) is 0 Å². The Hall–Kier alpha value is 1.49. The molecule has 0 saturated carbocycles. The topological polar surface area (TPSA) is 32.3 Å². The number of benzene rings is 1. The van der Waals surface area contributed by atoms with Crippen molar-refractivity contribution in [2.24, 2.45) is 0 Å². The summed E-state index contributed by atoms with van der Waals surface area (Å²) in [4.78, 5) is 3.66. The van der Waals surface area contributed by atoms with E-state index in [0.29, 0.717) is 5.02 Å². The first-order chi connectivity index (χ1) is 5.15. The molecule has 0 atom stereocenters. The second-order valence-electron chi connectivity index (χ2n) is 1.78. The Kier molecular flexibility index (Phi) is 6.81. The van der Waals surface area contributed by atoms with Crippen LogP contribution in [0.2, 0.25) is 15.1 Å². The van der Waals surface area contributed by atoms with Gasteiger partial charge in [0.15, 0.2) is 0 Å². The van der Waals surface area contributed by atoms with E-state index in [1.807, 2.05) is 0 Å². The van der Waals surface area contributed by atoms with E-state index in [1.54, 1.807) is 0 Å². The molecule has 0 N–H and O–H groups in total. The van der Waals surface area contributed by atoms with E-state index in [-0.39, 0.29) is 67.2 Å². The summed E-state index contributed by atoms with van der Waals surface area (Å²) in [6.45, 7) is 0. The van der Waals surface area contributed by atoms with Gasteiger partial charge in [0, 0.05) is 5.02 Å². The van der Waals surface area contributed by atoms with Crippen LogP contribution in [0, 0.1) is 0 Å². The van der Waals surface area contributed by atoms with Crippen LogP contribution in [0.15, 0.2) is 12.1 Å². The van der Waals surface area contributed by atoms with E-state index < -0.39 is 0 Å². The van der Waals surface area contributed by atoms with Crippen molar-refractivity contribution in [1.29, 1.82) is 0 Å². The Morgan fingerprint density at radius 1 is 1.08 bits per heavy atom. The van der Waals surface area contributed by atoms with Gasteiger partial charge in [-0.05, 0) is 12.1 Å². The number of hydrogen-bond acceptors (Lipinski definition) is 2. The van der Waals surface area contributed by atoms with Crippen molar-refractivity contribution >= 4 is 34.8 Å². The molecule has 0 aromatic heterocycles. The second kappa shape index (κ2) is 6.06. The zero-order valence-electron chi connectivity index (χ0n) is 6.11. The Bertz CT molecular complexity index is 256. The summed E-state index contributed by atoms with van der Waals surface area (Å²) < 4.78 is 0. The van der Waals surface area contributed by atoms with Gasteiger partial charge in [0.05, 0.1) is 10.0 Å². The molecule has 0 aliphatic carbocycles. The van der Waals surface area contributed by atoms with E-state index in [0.717, 1.165) is 0 Å². The van der Waals surface area contributed by atoms with Crippen LogP contribution in [-0.4, -0.2) is 0 Å². The summed E-state index contributed by atoms with van der Waals surface area (Å²) in [5.74, 6) is -0.0993. The van der Waals surface area contributed by atoms with Crippen molar-refractivity contribution < 1.29 is 61.5 Å². The smallest absolute Gasteiger partial charge is 0.664 e. The predicted octanol–water partition coefficient (Wildman–Crippen LogP) is -0.695. The molecule has 2 nitrogen and oxygen atoms in total. The van der Waals surface area contributed by atoms with Gasteiger partial charge >= 0.3 is 51.4 Å². The monoisotopic (exact) mass is 250 g/mol. The van der Waals surface area contributed by atoms with Gasteiger partial charge in [0.2, 0.25) is 0 Å². The molecule has 0 radical (unpaired) electrons. The fourth-order valence-corrected chi connectivity index (χ4v) is 1.49. The van der Waals surface area contributed by atoms with Crippen LogP contribution in [0.3, 0.4) is 0 Å². The normalized spacial score (nSPS) is 9.00. The first-order valence-electron chi connectivity index (χ1n) is 2.59. The maximum absolute atomic E-state index is 9.97. The first-order valence-corrected chi connectivity index (χ1v) is 3.73. The largest absolute Gasteiger partial charge is 1.00 e. The molecule has 12 heavy (non-hydrogen) atoms. The van der Waals surface area contributed by atoms with Crippen molar-refractivity contribution in [2.75, 3.05) is 0 Å². The molecule has 1 aromatic rings. The van der Waals surface area contributed by atoms with Gasteiger partial charge in [-0.2, -0.15) is 0 Å². The zero-order chi connectivity index (χ0) is 8.43. The summed E-state index contributed by atoms with van der Waals surface area (Å²) in [5, 5.41) is 10.6. The molecule has 0 amide bonds. The molecule has 0 saturated heterocycles. The molecular formula is C6H2Cl3KO2. The Balaban J connectivity index is 0.00000121. The molecule has 6 heteroatoms. The SMILES string of the molecule is [K+].[O-]Oc1c(Cl)cc(Cl)cc1Cl. The van der Waals surface area contributed by atoms with Crippen molar-refractivity contribution in [2.45, 2.75) is 0 Å². The molecule has 60 valence electrons. The average Bonchev–Trinajstić information content (AvgIpc) is 1.85. The minimum absolute atomic E-state index is 0. The van der Waals surface area contributed by atoms with Crippen LogP contribution in [0.5, 0.6) is 5.75 Å². The fraction of sp³-hybridized carbons (Fsp3) is 0. The van der Waals surface area contributed by atoms with E-state index in [4.69, 9.17) is 34.8 Å². The third kappa shape index (κ3) is 3.33. The van der Waals surface area contributed by atoms with Crippen LogP contribution >= 0.6 is 34.8 Å². The van der Waals surface area contributed by atoms with Gasteiger partial charge in [0.1, 0.15) is 5.75 Å². The number of hydrogen-bond donors (Lipinski definition) is 0. The molecule has 0 heterocycles. The summed E-state index contributed by atoms with van der Waals surface area (Å²) in [6.07, 6.45) is 0. The van der Waals surface area contributed by atoms with Crippen LogP contribution in [0.4, 0.5) is 0 Å². The fourth-order valence-electron chi connectivity index (χ4n) is 0.609. The zero-order valence-corrected chi connectivity index (χ0v) is 11.5. The van der Waals surface area contributed by atoms with Gasteiger partial charge in [-0.3, -0.25) is 0 Å². The quantitative estimate of drug-likeness (QED) is 0.376. The summed E-state index contributed by atoms with van der Waals surface area (Å²) in [6, 6.07) is 2.75. The summed E-state index contributed by atoms with van der Waals surface area (Å²) in [5.41, 5.74) is 0. The molecule has 0 unspecified atom stereocenters. The first kappa shape index (κ1) is 13.5. The van der Waals surface area contributed by atoms with Crippen molar-refractivity contribution in [1.82, 2.24) is 0 Å². The average molecular weight is 252 g/mol. The van der Waals surface area contributed by atoms with E-state index in [2.05, 4.69) is 4.89 Å². The van der Waals surface area contributed by atoms with Gasteiger partial charge < -0.3 is 10.1 Å². The molecule has 0 aliphatic heterocycles.